The number of carbonyl (C=O) groups excluding carboxylic acids is 1. The van der Waals surface area contributed by atoms with E-state index in [-0.39, 0.29) is 5.56 Å². The van der Waals surface area contributed by atoms with E-state index < -0.39 is 34.8 Å². The average Bonchev–Trinajstić information content (AvgIpc) is 2.81. The van der Waals surface area contributed by atoms with Gasteiger partial charge in [0.1, 0.15) is 17.5 Å². The maximum atomic E-state index is 14.1. The standard InChI is InChI=1S/C14H6ClF3N2O2/c15-8-3-1-7(2-4-8)14(20-19-13(21)22-14)12-10(17)5-9(16)6-11(12)18/h1-6H. The van der Waals surface area contributed by atoms with Crippen LogP contribution in [0.15, 0.2) is 46.6 Å². The van der Waals surface area contributed by atoms with Crippen LogP contribution in [0.1, 0.15) is 11.1 Å². The second-order valence-corrected chi connectivity index (χ2v) is 4.90. The van der Waals surface area contributed by atoms with E-state index in [2.05, 4.69) is 10.2 Å². The van der Waals surface area contributed by atoms with Crippen molar-refractivity contribution >= 4 is 17.7 Å². The van der Waals surface area contributed by atoms with Crippen LogP contribution in [0, 0.1) is 17.5 Å². The molecule has 2 aromatic carbocycles. The van der Waals surface area contributed by atoms with Crippen LogP contribution >= 0.6 is 11.6 Å². The summed E-state index contributed by atoms with van der Waals surface area (Å²) in [5, 5.41) is 7.11. The first-order valence-electron chi connectivity index (χ1n) is 5.99. The Kier molecular flexibility index (Phi) is 3.37. The van der Waals surface area contributed by atoms with E-state index in [1.54, 1.807) is 0 Å². The van der Waals surface area contributed by atoms with Gasteiger partial charge in [0.15, 0.2) is 0 Å². The first-order valence-corrected chi connectivity index (χ1v) is 6.37. The minimum Gasteiger partial charge on any atom is -0.407 e. The Morgan fingerprint density at radius 2 is 1.64 bits per heavy atom. The summed E-state index contributed by atoms with van der Waals surface area (Å²) in [6.45, 7) is 0. The van der Waals surface area contributed by atoms with Gasteiger partial charge in [0.2, 0.25) is 0 Å². The number of carbonyl (C=O) groups is 1. The molecule has 0 N–H and O–H groups in total. The first kappa shape index (κ1) is 14.5. The number of cyclic esters (lactones) is 1. The Morgan fingerprint density at radius 3 is 2.14 bits per heavy atom. The van der Waals surface area contributed by atoms with E-state index in [4.69, 9.17) is 16.3 Å². The molecule has 0 spiro atoms. The number of hydrogen-bond acceptors (Lipinski definition) is 3. The highest BCUT2D eigenvalue weighted by Crippen LogP contribution is 2.42. The second kappa shape index (κ2) is 5.10. The van der Waals surface area contributed by atoms with Crippen LogP contribution in [-0.2, 0) is 10.5 Å². The lowest BCUT2D eigenvalue weighted by atomic mass is 9.94. The van der Waals surface area contributed by atoms with Crippen LogP contribution in [0.25, 0.3) is 0 Å². The highest BCUT2D eigenvalue weighted by Gasteiger charge is 2.47. The minimum absolute atomic E-state index is 0.121. The molecule has 0 aromatic heterocycles. The SMILES string of the molecule is O=C1N=NC(c2ccc(Cl)cc2)(c2c(F)cc(F)cc2F)O1. The fourth-order valence-electron chi connectivity index (χ4n) is 2.18. The van der Waals surface area contributed by atoms with Gasteiger partial charge < -0.3 is 4.74 Å². The van der Waals surface area contributed by atoms with Crippen LogP contribution in [0.2, 0.25) is 5.02 Å². The molecule has 0 aliphatic carbocycles. The van der Waals surface area contributed by atoms with Crippen molar-refractivity contribution in [2.45, 2.75) is 5.72 Å². The van der Waals surface area contributed by atoms with Gasteiger partial charge in [-0.2, -0.15) is 0 Å². The van der Waals surface area contributed by atoms with Crippen LogP contribution in [-0.4, -0.2) is 6.09 Å². The van der Waals surface area contributed by atoms with Gasteiger partial charge in [-0.25, -0.2) is 18.0 Å². The third-order valence-electron chi connectivity index (χ3n) is 3.09. The van der Waals surface area contributed by atoms with Crippen molar-refractivity contribution in [2.24, 2.45) is 10.2 Å². The smallest absolute Gasteiger partial charge is 0.407 e. The summed E-state index contributed by atoms with van der Waals surface area (Å²) in [5.41, 5.74) is -2.76. The fourth-order valence-corrected chi connectivity index (χ4v) is 2.31. The van der Waals surface area contributed by atoms with Gasteiger partial charge >= 0.3 is 6.09 Å². The number of halogens is 4. The number of hydrogen-bond donors (Lipinski definition) is 0. The summed E-state index contributed by atoms with van der Waals surface area (Å²) >= 11 is 5.76. The highest BCUT2D eigenvalue weighted by molar-refractivity contribution is 6.30. The zero-order valence-corrected chi connectivity index (χ0v) is 11.4. The van der Waals surface area contributed by atoms with E-state index in [1.807, 2.05) is 0 Å². The largest absolute Gasteiger partial charge is 0.455 e. The summed E-state index contributed by atoms with van der Waals surface area (Å²) in [6, 6.07) is 6.55. The molecule has 1 unspecified atom stereocenters. The highest BCUT2D eigenvalue weighted by atomic mass is 35.5. The molecular weight excluding hydrogens is 321 g/mol. The zero-order chi connectivity index (χ0) is 15.9. The lowest BCUT2D eigenvalue weighted by Crippen LogP contribution is -2.29. The Bertz CT molecular complexity index is 772. The van der Waals surface area contributed by atoms with Gasteiger partial charge in [0.05, 0.1) is 5.56 Å². The Labute approximate surface area is 127 Å². The van der Waals surface area contributed by atoms with Crippen LogP contribution < -0.4 is 0 Å². The molecule has 0 radical (unpaired) electrons. The molecule has 1 aliphatic heterocycles. The molecule has 22 heavy (non-hydrogen) atoms. The maximum Gasteiger partial charge on any atom is 0.455 e. The fraction of sp³-hybridized carbons (Fsp3) is 0.0714. The van der Waals surface area contributed by atoms with E-state index in [0.29, 0.717) is 17.2 Å². The Hall–Kier alpha value is -2.41. The predicted molar refractivity (Wildman–Crippen MR) is 69.9 cm³/mol. The van der Waals surface area contributed by atoms with Gasteiger partial charge in [0.25, 0.3) is 5.72 Å². The lowest BCUT2D eigenvalue weighted by molar-refractivity contribution is 0.0688. The monoisotopic (exact) mass is 326 g/mol. The van der Waals surface area contributed by atoms with E-state index in [0.717, 1.165) is 0 Å². The molecule has 1 heterocycles. The molecule has 1 amide bonds. The molecule has 0 bridgehead atoms. The van der Waals surface area contributed by atoms with Gasteiger partial charge in [-0.1, -0.05) is 28.8 Å². The second-order valence-electron chi connectivity index (χ2n) is 4.46. The molecule has 0 saturated heterocycles. The molecule has 2 aromatic rings. The van der Waals surface area contributed by atoms with Crippen molar-refractivity contribution in [2.75, 3.05) is 0 Å². The maximum absolute atomic E-state index is 14.1. The number of benzene rings is 2. The van der Waals surface area contributed by atoms with Crippen molar-refractivity contribution in [3.8, 4) is 0 Å². The topological polar surface area (TPSA) is 51.0 Å². The Balaban J connectivity index is 2.27. The molecule has 3 rings (SSSR count). The van der Waals surface area contributed by atoms with Crippen LogP contribution in [0.4, 0.5) is 18.0 Å². The normalized spacial score (nSPS) is 20.3. The van der Waals surface area contributed by atoms with Crippen molar-refractivity contribution in [1.29, 1.82) is 0 Å². The predicted octanol–water partition coefficient (Wildman–Crippen LogP) is 4.56. The first-order chi connectivity index (χ1) is 10.4. The van der Waals surface area contributed by atoms with Crippen molar-refractivity contribution in [1.82, 2.24) is 0 Å². The minimum atomic E-state index is -2.15. The van der Waals surface area contributed by atoms with E-state index in [1.165, 1.54) is 24.3 Å². The number of azo groups is 1. The molecule has 8 heteroatoms. The molecular formula is C14H6ClF3N2O2. The molecule has 0 saturated carbocycles. The summed E-state index contributed by atoms with van der Waals surface area (Å²) in [5.74, 6) is -3.60. The number of rotatable bonds is 2. The van der Waals surface area contributed by atoms with Crippen LogP contribution in [0.5, 0.6) is 0 Å². The molecule has 112 valence electrons. The van der Waals surface area contributed by atoms with Gasteiger partial charge in [-0.05, 0) is 12.1 Å². The van der Waals surface area contributed by atoms with Crippen molar-refractivity contribution < 1.29 is 22.7 Å². The number of nitrogens with zero attached hydrogens (tertiary/aromatic N) is 2. The summed E-state index contributed by atoms with van der Waals surface area (Å²) in [4.78, 5) is 11.3. The zero-order valence-electron chi connectivity index (χ0n) is 10.7. The number of amides is 1. The molecule has 1 aliphatic rings. The van der Waals surface area contributed by atoms with Crippen LogP contribution in [0.3, 0.4) is 0 Å². The molecule has 4 nitrogen and oxygen atoms in total. The summed E-state index contributed by atoms with van der Waals surface area (Å²) in [6.07, 6.45) is -1.11. The Morgan fingerprint density at radius 1 is 1.05 bits per heavy atom. The van der Waals surface area contributed by atoms with Gasteiger partial charge in [0, 0.05) is 22.7 Å². The molecule has 1 atom stereocenters. The quantitative estimate of drug-likeness (QED) is 0.812. The van der Waals surface area contributed by atoms with Gasteiger partial charge in [-0.3, -0.25) is 0 Å². The third-order valence-corrected chi connectivity index (χ3v) is 3.34. The summed E-state index contributed by atoms with van der Waals surface area (Å²) < 4.78 is 46.2. The third kappa shape index (κ3) is 2.23. The lowest BCUT2D eigenvalue weighted by Gasteiger charge is -2.25. The molecule has 0 fully saturated rings. The average molecular weight is 327 g/mol. The van der Waals surface area contributed by atoms with E-state index in [9.17, 15) is 18.0 Å². The van der Waals surface area contributed by atoms with E-state index >= 15 is 0 Å². The summed E-state index contributed by atoms with van der Waals surface area (Å²) in [7, 11) is 0. The van der Waals surface area contributed by atoms with Crippen molar-refractivity contribution in [3.05, 3.63) is 70.0 Å². The number of ether oxygens (including phenoxy) is 1. The van der Waals surface area contributed by atoms with Gasteiger partial charge in [-0.15, -0.1) is 5.11 Å². The van der Waals surface area contributed by atoms with Crippen molar-refractivity contribution in [3.63, 3.8) is 0 Å².